The summed E-state index contributed by atoms with van der Waals surface area (Å²) in [6.07, 6.45) is -0.895. The van der Waals surface area contributed by atoms with Crippen LogP contribution in [0.15, 0.2) is 43.0 Å². The van der Waals surface area contributed by atoms with E-state index in [0.29, 0.717) is 11.2 Å². The summed E-state index contributed by atoms with van der Waals surface area (Å²) in [4.78, 5) is 23.4. The average molecular weight is 569 g/mol. The number of nitrogens with one attached hydrogen (secondary N) is 1. The summed E-state index contributed by atoms with van der Waals surface area (Å²) in [6, 6.07) is 7.27. The molecule has 6 atom stereocenters. The van der Waals surface area contributed by atoms with Crippen molar-refractivity contribution in [2.45, 2.75) is 63.2 Å². The number of aromatic nitrogens is 4. The van der Waals surface area contributed by atoms with E-state index in [9.17, 15) is 14.5 Å². The van der Waals surface area contributed by atoms with E-state index in [1.165, 1.54) is 24.1 Å². The number of para-hydroxylation sites is 1. The van der Waals surface area contributed by atoms with Crippen LogP contribution < -0.4 is 15.3 Å². The third kappa shape index (κ3) is 5.93. The maximum absolute atomic E-state index is 13.8. The molecule has 1 aromatic carbocycles. The fraction of sp³-hybridized carbons (Fsp3) is 0.478. The number of aliphatic hydroxyl groups is 1. The largest absolute Gasteiger partial charge is 0.462 e. The first-order valence-electron chi connectivity index (χ1n) is 11.8. The number of fused-ring (bicyclic) bond motifs is 1. The van der Waals surface area contributed by atoms with Crippen LogP contribution in [0.2, 0.25) is 0 Å². The van der Waals surface area contributed by atoms with Gasteiger partial charge in [-0.15, -0.1) is 11.6 Å². The molecule has 206 valence electrons. The first-order valence-corrected chi connectivity index (χ1v) is 13.8. The molecule has 0 bridgehead atoms. The van der Waals surface area contributed by atoms with E-state index in [0.717, 1.165) is 0 Å². The molecule has 1 saturated heterocycles. The number of anilines is 1. The number of benzene rings is 1. The number of imidazole rings is 1. The number of nitrogens with two attached hydrogens (primary N) is 1. The average Bonchev–Trinajstić information content (AvgIpc) is 3.37. The minimum atomic E-state index is -4.18. The fourth-order valence-electron chi connectivity index (χ4n) is 3.90. The highest BCUT2D eigenvalue weighted by molar-refractivity contribution is 7.52. The number of halogens is 1. The van der Waals surface area contributed by atoms with Gasteiger partial charge >= 0.3 is 13.7 Å². The van der Waals surface area contributed by atoms with Gasteiger partial charge in [0, 0.05) is 0 Å². The molecule has 4 N–H and O–H groups in total. The third-order valence-electron chi connectivity index (χ3n) is 5.79. The predicted octanol–water partition coefficient (Wildman–Crippen LogP) is 2.80. The standard InChI is InChI=1S/C23H30ClN6O7P/c1-13(2)35-21(32)14(3)29-38(33,37-15-8-6-5-7-9-15)34-10-16-18(31)23(4,24)22(36-16)30-12-28-17-19(25)26-11-27-20(17)30/h5-9,11-14,16,18,22,31H,10H2,1-4H3,(H,29,33)(H2,25,26,27)/t14-,16+,18+,22+,23+,38?/m0/s1. The van der Waals surface area contributed by atoms with Crippen LogP contribution in [0.25, 0.3) is 11.2 Å². The number of nitrogens with zero attached hydrogens (tertiary/aromatic N) is 4. The fourth-order valence-corrected chi connectivity index (χ4v) is 5.70. The number of esters is 1. The quantitative estimate of drug-likeness (QED) is 0.186. The highest BCUT2D eigenvalue weighted by atomic mass is 35.5. The Kier molecular flexibility index (Phi) is 8.26. The lowest BCUT2D eigenvalue weighted by Gasteiger charge is -2.26. The van der Waals surface area contributed by atoms with Crippen LogP contribution in [0.3, 0.4) is 0 Å². The summed E-state index contributed by atoms with van der Waals surface area (Å²) in [5, 5.41) is 13.6. The lowest BCUT2D eigenvalue weighted by molar-refractivity contribution is -0.149. The second-order valence-corrected chi connectivity index (χ2v) is 11.7. The maximum Gasteiger partial charge on any atom is 0.459 e. The molecule has 1 aliphatic rings. The first kappa shape index (κ1) is 28.2. The molecule has 15 heteroatoms. The normalized spacial score (nSPS) is 25.8. The van der Waals surface area contributed by atoms with Crippen LogP contribution in [-0.4, -0.2) is 66.4 Å². The Morgan fingerprint density at radius 1 is 1.29 bits per heavy atom. The van der Waals surface area contributed by atoms with Crippen LogP contribution in [0.4, 0.5) is 5.82 Å². The summed E-state index contributed by atoms with van der Waals surface area (Å²) in [5.74, 6) is -0.221. The number of nitrogen functional groups attached to an aromatic ring is 1. The predicted molar refractivity (Wildman–Crippen MR) is 138 cm³/mol. The monoisotopic (exact) mass is 568 g/mol. The molecule has 0 amide bonds. The van der Waals surface area contributed by atoms with Gasteiger partial charge in [0.15, 0.2) is 17.7 Å². The molecule has 0 spiro atoms. The van der Waals surface area contributed by atoms with Gasteiger partial charge in [0.25, 0.3) is 0 Å². The van der Waals surface area contributed by atoms with E-state index in [1.807, 2.05) is 0 Å². The van der Waals surface area contributed by atoms with Gasteiger partial charge in [-0.25, -0.2) is 19.5 Å². The Morgan fingerprint density at radius 2 is 2.00 bits per heavy atom. The molecular weight excluding hydrogens is 539 g/mol. The van der Waals surface area contributed by atoms with Crippen LogP contribution in [0, 0.1) is 0 Å². The van der Waals surface area contributed by atoms with Crippen LogP contribution in [0.5, 0.6) is 5.75 Å². The molecule has 0 saturated carbocycles. The Balaban J connectivity index is 1.54. The minimum absolute atomic E-state index is 0.179. The summed E-state index contributed by atoms with van der Waals surface area (Å²) >= 11 is 6.73. The van der Waals surface area contributed by atoms with Gasteiger partial charge in [-0.3, -0.25) is 13.9 Å². The van der Waals surface area contributed by atoms with E-state index in [2.05, 4.69) is 20.0 Å². The van der Waals surface area contributed by atoms with Crippen molar-refractivity contribution in [2.24, 2.45) is 0 Å². The molecule has 4 rings (SSSR count). The molecule has 2 aromatic heterocycles. The van der Waals surface area contributed by atoms with Crippen molar-refractivity contribution in [3.05, 3.63) is 43.0 Å². The van der Waals surface area contributed by atoms with Gasteiger partial charge in [-0.05, 0) is 39.8 Å². The second-order valence-electron chi connectivity index (χ2n) is 9.24. The number of carbonyl (C=O) groups excluding carboxylic acids is 1. The summed E-state index contributed by atoms with van der Waals surface area (Å²) in [5.41, 5.74) is 6.60. The van der Waals surface area contributed by atoms with E-state index >= 15 is 0 Å². The van der Waals surface area contributed by atoms with Crippen LogP contribution >= 0.6 is 19.3 Å². The SMILES string of the molecule is CC(C)OC(=O)[C@H](C)NP(=O)(OC[C@H]1O[C@@H](n2cnc3c(N)ncnc32)[C@](C)(Cl)[C@@H]1O)Oc1ccccc1. The van der Waals surface area contributed by atoms with Crippen molar-refractivity contribution in [3.63, 3.8) is 0 Å². The molecular formula is C23H30ClN6O7P. The van der Waals surface area contributed by atoms with Crippen molar-refractivity contribution in [1.29, 1.82) is 0 Å². The number of rotatable bonds is 10. The van der Waals surface area contributed by atoms with Crippen LogP contribution in [0.1, 0.15) is 33.9 Å². The molecule has 3 heterocycles. The lowest BCUT2D eigenvalue weighted by Crippen LogP contribution is -2.40. The second kappa shape index (κ2) is 11.1. The molecule has 13 nitrogen and oxygen atoms in total. The minimum Gasteiger partial charge on any atom is -0.462 e. The van der Waals surface area contributed by atoms with Gasteiger partial charge in [-0.1, -0.05) is 18.2 Å². The summed E-state index contributed by atoms with van der Waals surface area (Å²) < 4.78 is 37.8. The topological polar surface area (TPSA) is 173 Å². The lowest BCUT2D eigenvalue weighted by atomic mass is 10.0. The van der Waals surface area contributed by atoms with Gasteiger partial charge in [-0.2, -0.15) is 5.09 Å². The van der Waals surface area contributed by atoms with E-state index < -0.39 is 49.7 Å². The van der Waals surface area contributed by atoms with Crippen molar-refractivity contribution in [2.75, 3.05) is 12.3 Å². The molecule has 0 radical (unpaired) electrons. The zero-order valence-electron chi connectivity index (χ0n) is 21.2. The number of ether oxygens (including phenoxy) is 2. The number of carbonyl (C=O) groups is 1. The Labute approximate surface area is 224 Å². The number of aliphatic hydroxyl groups excluding tert-OH is 1. The molecule has 38 heavy (non-hydrogen) atoms. The van der Waals surface area contributed by atoms with Crippen molar-refractivity contribution >= 4 is 42.3 Å². The maximum atomic E-state index is 13.8. The highest BCUT2D eigenvalue weighted by Crippen LogP contribution is 2.48. The molecule has 3 aromatic rings. The summed E-state index contributed by atoms with van der Waals surface area (Å²) in [7, 11) is -4.18. The van der Waals surface area contributed by atoms with Gasteiger partial charge < -0.3 is 24.8 Å². The van der Waals surface area contributed by atoms with Crippen molar-refractivity contribution in [3.8, 4) is 5.75 Å². The number of hydrogen-bond donors (Lipinski definition) is 3. The van der Waals surface area contributed by atoms with Gasteiger partial charge in [0.2, 0.25) is 0 Å². The Morgan fingerprint density at radius 3 is 2.68 bits per heavy atom. The first-order chi connectivity index (χ1) is 17.9. The van der Waals surface area contributed by atoms with E-state index in [4.69, 9.17) is 35.9 Å². The zero-order chi connectivity index (χ0) is 27.7. The Hall–Kier alpha value is -2.80. The number of hydrogen-bond acceptors (Lipinski definition) is 11. The van der Waals surface area contributed by atoms with E-state index in [-0.39, 0.29) is 17.7 Å². The third-order valence-corrected chi connectivity index (χ3v) is 7.85. The van der Waals surface area contributed by atoms with Gasteiger partial charge in [0.05, 0.1) is 19.0 Å². The zero-order valence-corrected chi connectivity index (χ0v) is 22.9. The van der Waals surface area contributed by atoms with Crippen LogP contribution in [-0.2, 0) is 23.4 Å². The number of alkyl halides is 1. The van der Waals surface area contributed by atoms with E-state index in [1.54, 1.807) is 51.1 Å². The highest BCUT2D eigenvalue weighted by Gasteiger charge is 2.54. The Bertz CT molecular complexity index is 1320. The molecule has 1 aliphatic heterocycles. The smallest absolute Gasteiger partial charge is 0.459 e. The molecule has 1 unspecified atom stereocenters. The molecule has 1 fully saturated rings. The van der Waals surface area contributed by atoms with Gasteiger partial charge in [0.1, 0.15) is 40.7 Å². The molecule has 0 aliphatic carbocycles. The van der Waals surface area contributed by atoms with Crippen molar-refractivity contribution in [1.82, 2.24) is 24.6 Å². The van der Waals surface area contributed by atoms with Crippen molar-refractivity contribution < 1.29 is 33.0 Å². The summed E-state index contributed by atoms with van der Waals surface area (Å²) in [6.45, 7) is 6.06.